The first kappa shape index (κ1) is 12.7. The van der Waals surface area contributed by atoms with Gasteiger partial charge in [0.15, 0.2) is 17.5 Å². The molecule has 0 fully saturated rings. The van der Waals surface area contributed by atoms with Gasteiger partial charge in [0.1, 0.15) is 4.83 Å². The highest BCUT2D eigenvalue weighted by molar-refractivity contribution is 7.19. The minimum absolute atomic E-state index is 0.613. The zero-order valence-electron chi connectivity index (χ0n) is 11.8. The maximum atomic E-state index is 5.71. The average Bonchev–Trinajstić information content (AvgIpc) is 3.09. The molecule has 0 saturated heterocycles. The van der Waals surface area contributed by atoms with Crippen molar-refractivity contribution in [2.75, 3.05) is 5.43 Å². The summed E-state index contributed by atoms with van der Waals surface area (Å²) >= 11 is 1.76. The van der Waals surface area contributed by atoms with Gasteiger partial charge in [-0.25, -0.2) is 20.8 Å². The summed E-state index contributed by atoms with van der Waals surface area (Å²) in [5.74, 6) is 7.77. The van der Waals surface area contributed by atoms with E-state index in [0.717, 1.165) is 28.9 Å². The fraction of sp³-hybridized carbons (Fsp3) is 0.357. The monoisotopic (exact) mass is 300 g/mol. The zero-order valence-corrected chi connectivity index (χ0v) is 12.6. The molecule has 1 aliphatic rings. The lowest BCUT2D eigenvalue weighted by Gasteiger charge is -2.11. The van der Waals surface area contributed by atoms with Crippen LogP contribution >= 0.6 is 11.3 Å². The highest BCUT2D eigenvalue weighted by Gasteiger charge is 2.21. The second-order valence-corrected chi connectivity index (χ2v) is 6.38. The maximum absolute atomic E-state index is 5.71. The Morgan fingerprint density at radius 2 is 2.14 bits per heavy atom. The molecular formula is C14H16N6S. The van der Waals surface area contributed by atoms with Gasteiger partial charge in [-0.1, -0.05) is 0 Å². The van der Waals surface area contributed by atoms with Crippen LogP contribution in [0.4, 0.5) is 5.82 Å². The van der Waals surface area contributed by atoms with Crippen LogP contribution in [0.25, 0.3) is 21.9 Å². The molecule has 3 heterocycles. The standard InChI is InChI=1S/C14H16N6S/c1-20-7-6-16-13(20)12-17-11(19-15)10-8-4-2-3-5-9(8)21-14(10)18-12/h6-7H,2-5,15H2,1H3,(H,17,18,19). The number of hydrogen-bond donors (Lipinski definition) is 2. The molecule has 0 bridgehead atoms. The van der Waals surface area contributed by atoms with Gasteiger partial charge in [-0.2, -0.15) is 0 Å². The van der Waals surface area contributed by atoms with E-state index in [0.29, 0.717) is 11.6 Å². The van der Waals surface area contributed by atoms with Crippen LogP contribution in [-0.4, -0.2) is 19.5 Å². The summed E-state index contributed by atoms with van der Waals surface area (Å²) in [4.78, 5) is 16.1. The number of imidazole rings is 1. The largest absolute Gasteiger partial charge is 0.331 e. The molecule has 4 rings (SSSR count). The van der Waals surface area contributed by atoms with Gasteiger partial charge >= 0.3 is 0 Å². The second kappa shape index (κ2) is 4.78. The van der Waals surface area contributed by atoms with Crippen molar-refractivity contribution in [3.63, 3.8) is 0 Å². The first-order valence-electron chi connectivity index (χ1n) is 7.04. The highest BCUT2D eigenvalue weighted by atomic mass is 32.1. The number of aromatic nitrogens is 4. The van der Waals surface area contributed by atoms with E-state index in [1.54, 1.807) is 17.5 Å². The number of hydrazine groups is 1. The lowest BCUT2D eigenvalue weighted by atomic mass is 9.97. The Kier molecular flexibility index (Phi) is 2.90. The van der Waals surface area contributed by atoms with E-state index in [2.05, 4.69) is 15.4 Å². The summed E-state index contributed by atoms with van der Waals surface area (Å²) in [6.07, 6.45) is 8.35. The SMILES string of the molecule is Cn1ccnc1-c1nc(NN)c2c3c(sc2n1)CCCC3. The van der Waals surface area contributed by atoms with Crippen LogP contribution in [-0.2, 0) is 19.9 Å². The van der Waals surface area contributed by atoms with Crippen LogP contribution in [0.15, 0.2) is 12.4 Å². The number of nitrogens with two attached hydrogens (primary N) is 1. The fourth-order valence-electron chi connectivity index (χ4n) is 2.94. The summed E-state index contributed by atoms with van der Waals surface area (Å²) in [6.45, 7) is 0. The zero-order chi connectivity index (χ0) is 14.4. The lowest BCUT2D eigenvalue weighted by molar-refractivity contribution is 0.700. The number of aryl methyl sites for hydroxylation is 3. The summed E-state index contributed by atoms with van der Waals surface area (Å²) in [6, 6.07) is 0. The van der Waals surface area contributed by atoms with Gasteiger partial charge in [-0.3, -0.25) is 0 Å². The van der Waals surface area contributed by atoms with Gasteiger partial charge in [0.05, 0.1) is 5.39 Å². The topological polar surface area (TPSA) is 81.7 Å². The Hall–Kier alpha value is -1.99. The Labute approximate surface area is 126 Å². The van der Waals surface area contributed by atoms with Crippen LogP contribution in [0.3, 0.4) is 0 Å². The fourth-order valence-corrected chi connectivity index (χ4v) is 4.20. The van der Waals surface area contributed by atoms with E-state index in [4.69, 9.17) is 10.8 Å². The third-order valence-corrected chi connectivity index (χ3v) is 5.16. The molecule has 3 N–H and O–H groups in total. The molecule has 6 nitrogen and oxygen atoms in total. The van der Waals surface area contributed by atoms with Gasteiger partial charge in [-0.05, 0) is 31.2 Å². The van der Waals surface area contributed by atoms with Crippen LogP contribution in [0.2, 0.25) is 0 Å². The Morgan fingerprint density at radius 1 is 1.29 bits per heavy atom. The number of nitrogen functional groups attached to an aromatic ring is 1. The van der Waals surface area contributed by atoms with Crippen molar-refractivity contribution in [2.45, 2.75) is 25.7 Å². The van der Waals surface area contributed by atoms with Crippen molar-refractivity contribution < 1.29 is 0 Å². The summed E-state index contributed by atoms with van der Waals surface area (Å²) in [7, 11) is 1.94. The number of thiophene rings is 1. The van der Waals surface area contributed by atoms with Crippen molar-refractivity contribution in [2.24, 2.45) is 12.9 Å². The first-order valence-corrected chi connectivity index (χ1v) is 7.86. The van der Waals surface area contributed by atoms with Gasteiger partial charge in [-0.15, -0.1) is 11.3 Å². The predicted octanol–water partition coefficient (Wildman–Crippen LogP) is 2.26. The summed E-state index contributed by atoms with van der Waals surface area (Å²) < 4.78 is 1.91. The lowest BCUT2D eigenvalue weighted by Crippen LogP contribution is -2.11. The molecule has 3 aromatic rings. The second-order valence-electron chi connectivity index (χ2n) is 5.29. The van der Waals surface area contributed by atoms with Gasteiger partial charge in [0.2, 0.25) is 0 Å². The number of nitrogens with zero attached hydrogens (tertiary/aromatic N) is 4. The van der Waals surface area contributed by atoms with E-state index in [9.17, 15) is 0 Å². The van der Waals surface area contributed by atoms with Gasteiger partial charge < -0.3 is 9.99 Å². The summed E-state index contributed by atoms with van der Waals surface area (Å²) in [5, 5.41) is 1.09. The molecule has 108 valence electrons. The van der Waals surface area contributed by atoms with E-state index in [1.807, 2.05) is 17.8 Å². The Bertz CT molecular complexity index is 818. The molecule has 0 aromatic carbocycles. The van der Waals surface area contributed by atoms with Crippen LogP contribution < -0.4 is 11.3 Å². The van der Waals surface area contributed by atoms with Crippen LogP contribution in [0.1, 0.15) is 23.3 Å². The molecule has 21 heavy (non-hydrogen) atoms. The van der Waals surface area contributed by atoms with Gasteiger partial charge in [0.25, 0.3) is 0 Å². The van der Waals surface area contributed by atoms with E-state index in [-0.39, 0.29) is 0 Å². The third kappa shape index (κ3) is 1.92. The minimum atomic E-state index is 0.613. The summed E-state index contributed by atoms with van der Waals surface area (Å²) in [5.41, 5.74) is 4.12. The van der Waals surface area contributed by atoms with Crippen molar-refractivity contribution in [3.8, 4) is 11.6 Å². The molecule has 0 radical (unpaired) electrons. The molecule has 0 aliphatic heterocycles. The normalized spacial score (nSPS) is 14.4. The third-order valence-electron chi connectivity index (χ3n) is 3.97. The number of hydrogen-bond acceptors (Lipinski definition) is 6. The Morgan fingerprint density at radius 3 is 2.90 bits per heavy atom. The quantitative estimate of drug-likeness (QED) is 0.560. The number of anilines is 1. The number of rotatable bonds is 2. The van der Waals surface area contributed by atoms with Crippen molar-refractivity contribution in [1.82, 2.24) is 19.5 Å². The Balaban J connectivity index is 1.98. The molecule has 3 aromatic heterocycles. The maximum Gasteiger partial charge on any atom is 0.199 e. The molecule has 0 unspecified atom stereocenters. The number of nitrogens with one attached hydrogen (secondary N) is 1. The first-order chi connectivity index (χ1) is 10.3. The van der Waals surface area contributed by atoms with E-state index in [1.165, 1.54) is 23.3 Å². The van der Waals surface area contributed by atoms with Crippen molar-refractivity contribution in [3.05, 3.63) is 22.8 Å². The smallest absolute Gasteiger partial charge is 0.199 e. The molecule has 0 atom stereocenters. The van der Waals surface area contributed by atoms with Gasteiger partial charge in [0, 0.05) is 24.3 Å². The predicted molar refractivity (Wildman–Crippen MR) is 84.1 cm³/mol. The molecule has 0 spiro atoms. The molecule has 1 aliphatic carbocycles. The number of fused-ring (bicyclic) bond motifs is 3. The van der Waals surface area contributed by atoms with Crippen LogP contribution in [0.5, 0.6) is 0 Å². The van der Waals surface area contributed by atoms with E-state index < -0.39 is 0 Å². The average molecular weight is 300 g/mol. The molecule has 0 amide bonds. The van der Waals surface area contributed by atoms with Crippen molar-refractivity contribution in [1.29, 1.82) is 0 Å². The van der Waals surface area contributed by atoms with E-state index >= 15 is 0 Å². The molecular weight excluding hydrogens is 284 g/mol. The van der Waals surface area contributed by atoms with Crippen LogP contribution in [0, 0.1) is 0 Å². The minimum Gasteiger partial charge on any atom is -0.331 e. The highest BCUT2D eigenvalue weighted by Crippen LogP contribution is 2.39. The molecule has 7 heteroatoms. The molecule has 0 saturated carbocycles. The van der Waals surface area contributed by atoms with Crippen molar-refractivity contribution >= 4 is 27.4 Å².